The SMILES string of the molecule is Cc1ccccc1C(=O)Nc1cccc(-n2nnnc2SC(=O)N(C)C)c1. The fourth-order valence-electron chi connectivity index (χ4n) is 2.32. The van der Waals surface area contributed by atoms with Gasteiger partial charge < -0.3 is 10.2 Å². The second kappa shape index (κ2) is 8.00. The summed E-state index contributed by atoms with van der Waals surface area (Å²) in [5, 5.41) is 14.5. The number of hydrogen-bond donors (Lipinski definition) is 1. The molecular weight excluding hydrogens is 364 g/mol. The molecular formula is C18H18N6O2S. The van der Waals surface area contributed by atoms with E-state index < -0.39 is 0 Å². The smallest absolute Gasteiger partial charge is 0.288 e. The molecule has 1 heterocycles. The molecule has 0 aliphatic heterocycles. The van der Waals surface area contributed by atoms with Gasteiger partial charge in [-0.25, -0.2) is 0 Å². The Balaban J connectivity index is 1.83. The molecule has 0 saturated heterocycles. The summed E-state index contributed by atoms with van der Waals surface area (Å²) >= 11 is 0.925. The van der Waals surface area contributed by atoms with Crippen LogP contribution in [0, 0.1) is 6.92 Å². The summed E-state index contributed by atoms with van der Waals surface area (Å²) in [5.41, 5.74) is 2.74. The molecule has 0 aliphatic carbocycles. The molecule has 2 aromatic carbocycles. The number of carbonyl (C=O) groups is 2. The molecule has 3 aromatic rings. The molecule has 8 nitrogen and oxygen atoms in total. The van der Waals surface area contributed by atoms with Gasteiger partial charge in [-0.05, 0) is 47.2 Å². The van der Waals surface area contributed by atoms with Crippen LogP contribution >= 0.6 is 11.8 Å². The quantitative estimate of drug-likeness (QED) is 0.697. The largest absolute Gasteiger partial charge is 0.339 e. The molecule has 1 N–H and O–H groups in total. The predicted octanol–water partition coefficient (Wildman–Crippen LogP) is 3.00. The van der Waals surface area contributed by atoms with Crippen molar-refractivity contribution in [1.29, 1.82) is 0 Å². The normalized spacial score (nSPS) is 10.5. The molecule has 0 atom stereocenters. The number of thioether (sulfide) groups is 1. The zero-order chi connectivity index (χ0) is 19.4. The third-order valence-corrected chi connectivity index (χ3v) is 4.70. The maximum atomic E-state index is 12.5. The van der Waals surface area contributed by atoms with Gasteiger partial charge in [0, 0.05) is 37.1 Å². The lowest BCUT2D eigenvalue weighted by atomic mass is 10.1. The van der Waals surface area contributed by atoms with Gasteiger partial charge in [-0.2, -0.15) is 4.68 Å². The minimum absolute atomic E-state index is 0.185. The number of hydrogen-bond acceptors (Lipinski definition) is 6. The fourth-order valence-corrected chi connectivity index (χ4v) is 2.96. The van der Waals surface area contributed by atoms with Gasteiger partial charge in [-0.15, -0.1) is 5.10 Å². The first-order valence-electron chi connectivity index (χ1n) is 8.10. The standard InChI is InChI=1S/C18H18N6O2S/c1-12-7-4-5-10-15(12)16(25)19-13-8-6-9-14(11-13)24-17(20-21-22-24)27-18(26)23(2)3/h4-11H,1-3H3,(H,19,25). The predicted molar refractivity (Wildman–Crippen MR) is 103 cm³/mol. The monoisotopic (exact) mass is 382 g/mol. The van der Waals surface area contributed by atoms with Crippen LogP contribution in [0.2, 0.25) is 0 Å². The maximum absolute atomic E-state index is 12.5. The van der Waals surface area contributed by atoms with Gasteiger partial charge in [0.15, 0.2) is 0 Å². The van der Waals surface area contributed by atoms with Crippen LogP contribution < -0.4 is 5.32 Å². The average Bonchev–Trinajstić information content (AvgIpc) is 3.10. The Morgan fingerprint density at radius 2 is 1.89 bits per heavy atom. The van der Waals surface area contributed by atoms with E-state index in [-0.39, 0.29) is 11.1 Å². The first-order valence-corrected chi connectivity index (χ1v) is 8.92. The van der Waals surface area contributed by atoms with Crippen molar-refractivity contribution >= 4 is 28.6 Å². The molecule has 1 aromatic heterocycles. The molecule has 0 aliphatic rings. The van der Waals surface area contributed by atoms with E-state index in [1.807, 2.05) is 25.1 Å². The van der Waals surface area contributed by atoms with E-state index in [2.05, 4.69) is 20.8 Å². The molecule has 0 spiro atoms. The Bertz CT molecular complexity index is 985. The van der Waals surface area contributed by atoms with Gasteiger partial charge in [-0.3, -0.25) is 9.59 Å². The number of benzene rings is 2. The lowest BCUT2D eigenvalue weighted by Gasteiger charge is -2.11. The highest BCUT2D eigenvalue weighted by Crippen LogP contribution is 2.22. The van der Waals surface area contributed by atoms with E-state index in [4.69, 9.17) is 0 Å². The van der Waals surface area contributed by atoms with E-state index in [9.17, 15) is 9.59 Å². The van der Waals surface area contributed by atoms with Crippen LogP contribution in [0.1, 0.15) is 15.9 Å². The van der Waals surface area contributed by atoms with Crippen molar-refractivity contribution in [2.24, 2.45) is 0 Å². The van der Waals surface area contributed by atoms with E-state index in [0.717, 1.165) is 17.3 Å². The first-order chi connectivity index (χ1) is 13.0. The Morgan fingerprint density at radius 3 is 2.63 bits per heavy atom. The van der Waals surface area contributed by atoms with Crippen LogP contribution in [0.3, 0.4) is 0 Å². The molecule has 0 saturated carbocycles. The molecule has 2 amide bonds. The number of tetrazole rings is 1. The minimum Gasteiger partial charge on any atom is -0.339 e. The summed E-state index contributed by atoms with van der Waals surface area (Å²) in [6.45, 7) is 1.89. The van der Waals surface area contributed by atoms with Crippen LogP contribution in [0.15, 0.2) is 53.7 Å². The summed E-state index contributed by atoms with van der Waals surface area (Å²) < 4.78 is 1.45. The van der Waals surface area contributed by atoms with Crippen LogP contribution in [0.4, 0.5) is 10.5 Å². The molecule has 138 valence electrons. The average molecular weight is 382 g/mol. The Labute approximate surface area is 160 Å². The summed E-state index contributed by atoms with van der Waals surface area (Å²) in [5.74, 6) is -0.195. The van der Waals surface area contributed by atoms with E-state index in [1.54, 1.807) is 44.4 Å². The second-order valence-electron chi connectivity index (χ2n) is 5.96. The van der Waals surface area contributed by atoms with Crippen LogP contribution in [-0.4, -0.2) is 50.3 Å². The zero-order valence-corrected chi connectivity index (χ0v) is 15.9. The van der Waals surface area contributed by atoms with Crippen molar-refractivity contribution < 1.29 is 9.59 Å². The second-order valence-corrected chi connectivity index (χ2v) is 6.87. The third kappa shape index (κ3) is 4.32. The number of aromatic nitrogens is 4. The van der Waals surface area contributed by atoms with Crippen molar-refractivity contribution in [1.82, 2.24) is 25.1 Å². The molecule has 0 unspecified atom stereocenters. The van der Waals surface area contributed by atoms with Gasteiger partial charge in [-0.1, -0.05) is 24.3 Å². The minimum atomic E-state index is -0.195. The van der Waals surface area contributed by atoms with Crippen molar-refractivity contribution in [2.75, 3.05) is 19.4 Å². The summed E-state index contributed by atoms with van der Waals surface area (Å²) in [6, 6.07) is 14.5. The molecule has 0 fully saturated rings. The number of carbonyl (C=O) groups excluding carboxylic acids is 2. The van der Waals surface area contributed by atoms with Crippen LogP contribution in [-0.2, 0) is 0 Å². The van der Waals surface area contributed by atoms with Gasteiger partial charge in [0.25, 0.3) is 11.1 Å². The van der Waals surface area contributed by atoms with Gasteiger partial charge in [0.05, 0.1) is 5.69 Å². The Kier molecular flexibility index (Phi) is 5.51. The lowest BCUT2D eigenvalue weighted by molar-refractivity contribution is 0.102. The topological polar surface area (TPSA) is 93.0 Å². The van der Waals surface area contributed by atoms with Gasteiger partial charge in [0.1, 0.15) is 0 Å². The van der Waals surface area contributed by atoms with E-state index in [1.165, 1.54) is 9.58 Å². The highest BCUT2D eigenvalue weighted by atomic mass is 32.2. The lowest BCUT2D eigenvalue weighted by Crippen LogP contribution is -2.17. The van der Waals surface area contributed by atoms with Crippen LogP contribution in [0.25, 0.3) is 5.69 Å². The number of aryl methyl sites for hydroxylation is 1. The number of anilines is 1. The summed E-state index contributed by atoms with van der Waals surface area (Å²) in [7, 11) is 3.32. The number of nitrogens with zero attached hydrogens (tertiary/aromatic N) is 5. The molecule has 27 heavy (non-hydrogen) atoms. The summed E-state index contributed by atoms with van der Waals surface area (Å²) in [4.78, 5) is 25.9. The molecule has 3 rings (SSSR count). The van der Waals surface area contributed by atoms with Gasteiger partial charge in [0.2, 0.25) is 5.16 Å². The first kappa shape index (κ1) is 18.6. The zero-order valence-electron chi connectivity index (χ0n) is 15.1. The van der Waals surface area contributed by atoms with Crippen molar-refractivity contribution in [3.63, 3.8) is 0 Å². The fraction of sp³-hybridized carbons (Fsp3) is 0.167. The number of rotatable bonds is 4. The molecule has 0 radical (unpaired) electrons. The Hall–Kier alpha value is -3.20. The summed E-state index contributed by atoms with van der Waals surface area (Å²) in [6.07, 6.45) is 0. The maximum Gasteiger partial charge on any atom is 0.288 e. The van der Waals surface area contributed by atoms with Gasteiger partial charge >= 0.3 is 0 Å². The highest BCUT2D eigenvalue weighted by Gasteiger charge is 2.16. The van der Waals surface area contributed by atoms with E-state index in [0.29, 0.717) is 22.1 Å². The Morgan fingerprint density at radius 1 is 1.11 bits per heavy atom. The highest BCUT2D eigenvalue weighted by molar-refractivity contribution is 8.13. The molecule has 9 heteroatoms. The van der Waals surface area contributed by atoms with Crippen molar-refractivity contribution in [2.45, 2.75) is 12.1 Å². The number of nitrogens with one attached hydrogen (secondary N) is 1. The van der Waals surface area contributed by atoms with Crippen LogP contribution in [0.5, 0.6) is 0 Å². The third-order valence-electron chi connectivity index (χ3n) is 3.72. The molecule has 0 bridgehead atoms. The van der Waals surface area contributed by atoms with E-state index >= 15 is 0 Å². The van der Waals surface area contributed by atoms with Crippen molar-refractivity contribution in [3.05, 3.63) is 59.7 Å². The van der Waals surface area contributed by atoms with Crippen molar-refractivity contribution in [3.8, 4) is 5.69 Å². The number of amides is 2.